The molecule has 0 aromatic heterocycles. The average Bonchev–Trinajstić information content (AvgIpc) is 2.29. The minimum absolute atomic E-state index is 0.478. The molecule has 0 amide bonds. The van der Waals surface area contributed by atoms with E-state index < -0.39 is 0 Å². The fourth-order valence-corrected chi connectivity index (χ4v) is 1.43. The maximum Gasteiger partial charge on any atom is 0.123 e. The molecule has 0 radical (unpaired) electrons. The van der Waals surface area contributed by atoms with E-state index in [0.29, 0.717) is 19.1 Å². The lowest BCUT2D eigenvalue weighted by molar-refractivity contribution is 0.100. The summed E-state index contributed by atoms with van der Waals surface area (Å²) in [5, 5.41) is 0. The fourth-order valence-electron chi connectivity index (χ4n) is 1.21. The first-order valence-corrected chi connectivity index (χ1v) is 5.76. The molecule has 0 saturated carbocycles. The van der Waals surface area contributed by atoms with Crippen molar-refractivity contribution < 1.29 is 9.47 Å². The predicted octanol–water partition coefficient (Wildman–Crippen LogP) is 3.23. The van der Waals surface area contributed by atoms with Gasteiger partial charge in [-0.25, -0.2) is 0 Å². The minimum Gasteiger partial charge on any atom is -0.491 e. The fraction of sp³-hybridized carbons (Fsp3) is 0.500. The maximum absolute atomic E-state index is 5.78. The van der Waals surface area contributed by atoms with Gasteiger partial charge in [-0.15, -0.1) is 11.6 Å². The number of hydrogen-bond acceptors (Lipinski definition) is 2. The van der Waals surface area contributed by atoms with Gasteiger partial charge in [0.15, 0.2) is 0 Å². The first kappa shape index (κ1) is 12.3. The third-order valence-corrected chi connectivity index (χ3v) is 2.24. The Hall–Kier alpha value is -0.730. The lowest BCUT2D eigenvalue weighted by atomic mass is 10.2. The van der Waals surface area contributed by atoms with Gasteiger partial charge < -0.3 is 9.47 Å². The lowest BCUT2D eigenvalue weighted by Gasteiger charge is -2.09. The van der Waals surface area contributed by atoms with Gasteiger partial charge in [0.1, 0.15) is 12.4 Å². The summed E-state index contributed by atoms with van der Waals surface area (Å²) in [6.07, 6.45) is 1.04. The Bertz CT molecular complexity index is 276. The minimum atomic E-state index is 0.478. The SMILES string of the molecule is CCCOCCOc1ccccc1CCl. The van der Waals surface area contributed by atoms with Gasteiger partial charge in [-0.3, -0.25) is 0 Å². The molecule has 0 N–H and O–H groups in total. The quantitative estimate of drug-likeness (QED) is 0.527. The third-order valence-electron chi connectivity index (χ3n) is 1.95. The Morgan fingerprint density at radius 2 is 1.93 bits per heavy atom. The van der Waals surface area contributed by atoms with Gasteiger partial charge in [-0.05, 0) is 12.5 Å². The van der Waals surface area contributed by atoms with E-state index in [2.05, 4.69) is 6.92 Å². The number of alkyl halides is 1. The van der Waals surface area contributed by atoms with Crippen molar-refractivity contribution in [1.29, 1.82) is 0 Å². The Labute approximate surface area is 96.2 Å². The van der Waals surface area contributed by atoms with Gasteiger partial charge in [-0.1, -0.05) is 25.1 Å². The van der Waals surface area contributed by atoms with Gasteiger partial charge in [0.25, 0.3) is 0 Å². The second-order valence-electron chi connectivity index (χ2n) is 3.20. The van der Waals surface area contributed by atoms with Crippen LogP contribution in [0.3, 0.4) is 0 Å². The van der Waals surface area contributed by atoms with Crippen molar-refractivity contribution in [3.05, 3.63) is 29.8 Å². The Morgan fingerprint density at radius 3 is 2.67 bits per heavy atom. The van der Waals surface area contributed by atoms with E-state index in [1.807, 2.05) is 24.3 Å². The highest BCUT2D eigenvalue weighted by Crippen LogP contribution is 2.19. The summed E-state index contributed by atoms with van der Waals surface area (Å²) in [7, 11) is 0. The normalized spacial score (nSPS) is 10.3. The number of para-hydroxylation sites is 1. The third kappa shape index (κ3) is 4.54. The molecular weight excluding hydrogens is 212 g/mol. The topological polar surface area (TPSA) is 18.5 Å². The van der Waals surface area contributed by atoms with Crippen molar-refractivity contribution in [3.63, 3.8) is 0 Å². The van der Waals surface area contributed by atoms with Crippen LogP contribution in [0.25, 0.3) is 0 Å². The summed E-state index contributed by atoms with van der Waals surface area (Å²) in [5.74, 6) is 1.33. The van der Waals surface area contributed by atoms with Crippen LogP contribution in [0.5, 0.6) is 5.75 Å². The van der Waals surface area contributed by atoms with Crippen LogP contribution in [-0.4, -0.2) is 19.8 Å². The van der Waals surface area contributed by atoms with E-state index in [0.717, 1.165) is 24.3 Å². The zero-order valence-corrected chi connectivity index (χ0v) is 9.80. The second kappa shape index (κ2) is 7.55. The molecule has 1 aromatic rings. The van der Waals surface area contributed by atoms with E-state index in [4.69, 9.17) is 21.1 Å². The van der Waals surface area contributed by atoms with Crippen LogP contribution in [0, 0.1) is 0 Å². The highest BCUT2D eigenvalue weighted by atomic mass is 35.5. The summed E-state index contributed by atoms with van der Waals surface area (Å²) in [6, 6.07) is 7.79. The van der Waals surface area contributed by atoms with Crippen molar-refractivity contribution in [3.8, 4) is 5.75 Å². The number of benzene rings is 1. The molecule has 0 bridgehead atoms. The predicted molar refractivity (Wildman–Crippen MR) is 62.6 cm³/mol. The monoisotopic (exact) mass is 228 g/mol. The molecular formula is C12H17ClO2. The highest BCUT2D eigenvalue weighted by Gasteiger charge is 2.00. The molecule has 0 spiro atoms. The van der Waals surface area contributed by atoms with Gasteiger partial charge in [0.2, 0.25) is 0 Å². The molecule has 15 heavy (non-hydrogen) atoms. The van der Waals surface area contributed by atoms with Crippen LogP contribution in [0.4, 0.5) is 0 Å². The zero-order chi connectivity index (χ0) is 10.9. The average molecular weight is 229 g/mol. The van der Waals surface area contributed by atoms with Crippen molar-refractivity contribution in [2.75, 3.05) is 19.8 Å². The second-order valence-corrected chi connectivity index (χ2v) is 3.47. The van der Waals surface area contributed by atoms with E-state index in [9.17, 15) is 0 Å². The van der Waals surface area contributed by atoms with Gasteiger partial charge in [0, 0.05) is 12.2 Å². The van der Waals surface area contributed by atoms with Crippen molar-refractivity contribution in [2.45, 2.75) is 19.2 Å². The summed E-state index contributed by atoms with van der Waals surface area (Å²) < 4.78 is 10.9. The van der Waals surface area contributed by atoms with Crippen LogP contribution < -0.4 is 4.74 Å². The van der Waals surface area contributed by atoms with Gasteiger partial charge in [0.05, 0.1) is 12.5 Å². The smallest absolute Gasteiger partial charge is 0.123 e. The number of ether oxygens (including phenoxy) is 2. The van der Waals surface area contributed by atoms with Gasteiger partial charge in [-0.2, -0.15) is 0 Å². The molecule has 1 rings (SSSR count). The highest BCUT2D eigenvalue weighted by molar-refractivity contribution is 6.17. The first-order chi connectivity index (χ1) is 7.38. The molecule has 1 aromatic carbocycles. The number of halogens is 1. The summed E-state index contributed by atoms with van der Waals surface area (Å²) in [6.45, 7) is 4.09. The first-order valence-electron chi connectivity index (χ1n) is 5.23. The summed E-state index contributed by atoms with van der Waals surface area (Å²) in [4.78, 5) is 0. The van der Waals surface area contributed by atoms with E-state index >= 15 is 0 Å². The number of hydrogen-bond donors (Lipinski definition) is 0. The molecule has 0 saturated heterocycles. The maximum atomic E-state index is 5.78. The Balaban J connectivity index is 2.30. The Morgan fingerprint density at radius 1 is 1.13 bits per heavy atom. The standard InChI is InChI=1S/C12H17ClO2/c1-2-7-14-8-9-15-12-6-4-3-5-11(12)10-13/h3-6H,2,7-10H2,1H3. The molecule has 0 aliphatic carbocycles. The molecule has 0 atom stereocenters. The summed E-state index contributed by atoms with van der Waals surface area (Å²) >= 11 is 5.78. The zero-order valence-electron chi connectivity index (χ0n) is 9.04. The van der Waals surface area contributed by atoms with Crippen LogP contribution in [-0.2, 0) is 10.6 Å². The van der Waals surface area contributed by atoms with Crippen LogP contribution in [0.1, 0.15) is 18.9 Å². The molecule has 0 aliphatic rings. The van der Waals surface area contributed by atoms with Crippen molar-refractivity contribution in [1.82, 2.24) is 0 Å². The molecule has 84 valence electrons. The lowest BCUT2D eigenvalue weighted by Crippen LogP contribution is -2.07. The summed E-state index contributed by atoms with van der Waals surface area (Å²) in [5.41, 5.74) is 1.02. The molecule has 0 heterocycles. The largest absolute Gasteiger partial charge is 0.491 e. The van der Waals surface area contributed by atoms with Crippen LogP contribution >= 0.6 is 11.6 Å². The molecule has 0 fully saturated rings. The number of rotatable bonds is 7. The van der Waals surface area contributed by atoms with Crippen LogP contribution in [0.15, 0.2) is 24.3 Å². The van der Waals surface area contributed by atoms with E-state index in [1.165, 1.54) is 0 Å². The van der Waals surface area contributed by atoms with E-state index in [-0.39, 0.29) is 0 Å². The van der Waals surface area contributed by atoms with Crippen molar-refractivity contribution >= 4 is 11.6 Å². The van der Waals surface area contributed by atoms with Crippen LogP contribution in [0.2, 0.25) is 0 Å². The van der Waals surface area contributed by atoms with Crippen molar-refractivity contribution in [2.24, 2.45) is 0 Å². The molecule has 0 aliphatic heterocycles. The van der Waals surface area contributed by atoms with Gasteiger partial charge >= 0.3 is 0 Å². The molecule has 0 unspecified atom stereocenters. The Kier molecular flexibility index (Phi) is 6.21. The molecule has 3 heteroatoms. The van der Waals surface area contributed by atoms with E-state index in [1.54, 1.807) is 0 Å². The molecule has 2 nitrogen and oxygen atoms in total.